The molecule has 1 aromatic heterocycles. The van der Waals surface area contributed by atoms with Gasteiger partial charge in [-0.1, -0.05) is 24.4 Å². The summed E-state index contributed by atoms with van der Waals surface area (Å²) >= 11 is 5.81. The van der Waals surface area contributed by atoms with E-state index < -0.39 is 10.0 Å². The van der Waals surface area contributed by atoms with Crippen LogP contribution in [0.3, 0.4) is 0 Å². The number of sulfonamides is 1. The first-order valence-electron chi connectivity index (χ1n) is 6.84. The second-order valence-corrected chi connectivity index (χ2v) is 7.47. The van der Waals surface area contributed by atoms with Crippen LogP contribution in [0.5, 0.6) is 0 Å². The molecule has 2 atom stereocenters. The van der Waals surface area contributed by atoms with Gasteiger partial charge in [-0.15, -0.1) is 0 Å². The smallest absolute Gasteiger partial charge is 0.243 e. The normalized spacial score (nSPS) is 28.1. The Morgan fingerprint density at radius 3 is 2.95 bits per heavy atom. The number of ether oxygens (including phenoxy) is 1. The summed E-state index contributed by atoms with van der Waals surface area (Å²) in [6.45, 7) is 0.864. The largest absolute Gasteiger partial charge is 0.375 e. The standard InChI is InChI=1S/C13H17ClN2O3S/c14-13-9-10(5-6-15-13)20(17,18)16-7-8-19-12-4-2-1-3-11(12)16/h5-6,9,11-12H,1-4,7-8H2. The Morgan fingerprint density at radius 1 is 1.35 bits per heavy atom. The quantitative estimate of drug-likeness (QED) is 0.784. The van der Waals surface area contributed by atoms with E-state index in [0.717, 1.165) is 25.7 Å². The topological polar surface area (TPSA) is 59.5 Å². The first-order chi connectivity index (χ1) is 9.59. The summed E-state index contributed by atoms with van der Waals surface area (Å²) < 4.78 is 32.9. The van der Waals surface area contributed by atoms with Crippen molar-refractivity contribution in [3.63, 3.8) is 0 Å². The maximum atomic E-state index is 12.8. The number of fused-ring (bicyclic) bond motifs is 1. The molecular formula is C13H17ClN2O3S. The third-order valence-electron chi connectivity index (χ3n) is 3.99. The van der Waals surface area contributed by atoms with Crippen LogP contribution in [-0.2, 0) is 14.8 Å². The van der Waals surface area contributed by atoms with Crippen LogP contribution < -0.4 is 0 Å². The molecule has 1 aliphatic heterocycles. The van der Waals surface area contributed by atoms with Gasteiger partial charge in [-0.2, -0.15) is 4.31 Å². The molecule has 20 heavy (non-hydrogen) atoms. The molecule has 1 saturated heterocycles. The highest BCUT2D eigenvalue weighted by Crippen LogP contribution is 2.32. The molecule has 0 spiro atoms. The minimum Gasteiger partial charge on any atom is -0.375 e. The van der Waals surface area contributed by atoms with Gasteiger partial charge in [0.1, 0.15) is 5.15 Å². The molecule has 110 valence electrons. The minimum atomic E-state index is -3.53. The summed E-state index contributed by atoms with van der Waals surface area (Å²) in [4.78, 5) is 4.05. The van der Waals surface area contributed by atoms with Crippen molar-refractivity contribution in [1.29, 1.82) is 0 Å². The highest BCUT2D eigenvalue weighted by molar-refractivity contribution is 7.89. The molecule has 2 fully saturated rings. The lowest BCUT2D eigenvalue weighted by Crippen LogP contribution is -2.54. The maximum Gasteiger partial charge on any atom is 0.243 e. The van der Waals surface area contributed by atoms with Crippen molar-refractivity contribution in [3.05, 3.63) is 23.5 Å². The molecule has 0 N–H and O–H groups in total. The first-order valence-corrected chi connectivity index (χ1v) is 8.66. The Morgan fingerprint density at radius 2 is 2.15 bits per heavy atom. The number of nitrogens with zero attached hydrogens (tertiary/aromatic N) is 2. The summed E-state index contributed by atoms with van der Waals surface area (Å²) in [6, 6.07) is 2.85. The number of rotatable bonds is 2. The van der Waals surface area contributed by atoms with E-state index in [0.29, 0.717) is 13.2 Å². The molecule has 0 radical (unpaired) electrons. The molecule has 1 aromatic rings. The van der Waals surface area contributed by atoms with Gasteiger partial charge >= 0.3 is 0 Å². The van der Waals surface area contributed by atoms with E-state index in [9.17, 15) is 8.42 Å². The van der Waals surface area contributed by atoms with Gasteiger partial charge in [0.05, 0.1) is 23.6 Å². The average Bonchev–Trinajstić information content (AvgIpc) is 2.46. The fraction of sp³-hybridized carbons (Fsp3) is 0.615. The fourth-order valence-corrected chi connectivity index (χ4v) is 4.96. The van der Waals surface area contributed by atoms with Gasteiger partial charge in [-0.25, -0.2) is 13.4 Å². The minimum absolute atomic E-state index is 0.0320. The summed E-state index contributed by atoms with van der Waals surface area (Å²) in [5.41, 5.74) is 0. The second-order valence-electron chi connectivity index (χ2n) is 5.19. The van der Waals surface area contributed by atoms with Gasteiger partial charge in [0.15, 0.2) is 0 Å². The van der Waals surface area contributed by atoms with Crippen LogP contribution in [0.2, 0.25) is 5.15 Å². The lowest BCUT2D eigenvalue weighted by atomic mass is 9.91. The number of aromatic nitrogens is 1. The van der Waals surface area contributed by atoms with E-state index in [1.807, 2.05) is 0 Å². The zero-order valence-electron chi connectivity index (χ0n) is 11.0. The van der Waals surface area contributed by atoms with Crippen LogP contribution in [0, 0.1) is 0 Å². The molecule has 2 heterocycles. The predicted octanol–water partition coefficient (Wildman–Crippen LogP) is 2.07. The average molecular weight is 317 g/mol. The van der Waals surface area contributed by atoms with Crippen molar-refractivity contribution in [2.75, 3.05) is 13.2 Å². The van der Waals surface area contributed by atoms with Crippen molar-refractivity contribution in [1.82, 2.24) is 9.29 Å². The van der Waals surface area contributed by atoms with Crippen LogP contribution in [0.4, 0.5) is 0 Å². The number of pyridine rings is 1. The Labute approximate surface area is 123 Å². The lowest BCUT2D eigenvalue weighted by molar-refractivity contribution is -0.0586. The van der Waals surface area contributed by atoms with Crippen LogP contribution in [0.15, 0.2) is 23.2 Å². The van der Waals surface area contributed by atoms with E-state index in [4.69, 9.17) is 16.3 Å². The van der Waals surface area contributed by atoms with Gasteiger partial charge in [0.25, 0.3) is 0 Å². The van der Waals surface area contributed by atoms with Crippen molar-refractivity contribution < 1.29 is 13.2 Å². The molecule has 0 aromatic carbocycles. The molecule has 0 bridgehead atoms. The number of hydrogen-bond donors (Lipinski definition) is 0. The summed E-state index contributed by atoms with van der Waals surface area (Å²) in [7, 11) is -3.53. The van der Waals surface area contributed by atoms with Gasteiger partial charge in [0, 0.05) is 12.7 Å². The van der Waals surface area contributed by atoms with Gasteiger partial charge in [-0.05, 0) is 25.0 Å². The molecule has 1 aliphatic carbocycles. The van der Waals surface area contributed by atoms with E-state index in [-0.39, 0.29) is 22.2 Å². The number of morpholine rings is 1. The van der Waals surface area contributed by atoms with E-state index in [1.165, 1.54) is 18.3 Å². The zero-order chi connectivity index (χ0) is 14.2. The fourth-order valence-electron chi connectivity index (χ4n) is 3.04. The molecule has 0 amide bonds. The van der Waals surface area contributed by atoms with Crippen LogP contribution in [-0.4, -0.2) is 43.0 Å². The van der Waals surface area contributed by atoms with Crippen LogP contribution in [0.25, 0.3) is 0 Å². The van der Waals surface area contributed by atoms with Gasteiger partial charge in [-0.3, -0.25) is 0 Å². The van der Waals surface area contributed by atoms with E-state index in [2.05, 4.69) is 4.98 Å². The van der Waals surface area contributed by atoms with Crippen molar-refractivity contribution in [3.8, 4) is 0 Å². The maximum absolute atomic E-state index is 12.8. The number of halogens is 1. The summed E-state index contributed by atoms with van der Waals surface area (Å²) in [5, 5.41) is 0.194. The Balaban J connectivity index is 1.93. The zero-order valence-corrected chi connectivity index (χ0v) is 12.6. The summed E-state index contributed by atoms with van der Waals surface area (Å²) in [6.07, 6.45) is 5.42. The molecular weight excluding hydrogens is 300 g/mol. The van der Waals surface area contributed by atoms with E-state index >= 15 is 0 Å². The number of hydrogen-bond acceptors (Lipinski definition) is 4. The Kier molecular flexibility index (Phi) is 3.99. The Hall–Kier alpha value is -0.690. The first kappa shape index (κ1) is 14.3. The SMILES string of the molecule is O=S(=O)(c1ccnc(Cl)c1)N1CCOC2CCCCC21. The third-order valence-corrected chi connectivity index (χ3v) is 6.11. The van der Waals surface area contributed by atoms with Crippen molar-refractivity contribution in [2.45, 2.75) is 42.7 Å². The second kappa shape index (κ2) is 5.60. The molecule has 2 unspecified atom stereocenters. The predicted molar refractivity (Wildman–Crippen MR) is 75.1 cm³/mol. The molecule has 2 aliphatic rings. The van der Waals surface area contributed by atoms with Crippen LogP contribution >= 0.6 is 11.6 Å². The van der Waals surface area contributed by atoms with Gasteiger partial charge < -0.3 is 4.74 Å². The Bertz CT molecular complexity index is 591. The highest BCUT2D eigenvalue weighted by atomic mass is 35.5. The third kappa shape index (κ3) is 2.57. The highest BCUT2D eigenvalue weighted by Gasteiger charge is 2.40. The molecule has 1 saturated carbocycles. The molecule has 7 heteroatoms. The van der Waals surface area contributed by atoms with Crippen LogP contribution in [0.1, 0.15) is 25.7 Å². The van der Waals surface area contributed by atoms with Gasteiger partial charge in [0.2, 0.25) is 10.0 Å². The molecule has 3 rings (SSSR count). The lowest BCUT2D eigenvalue weighted by Gasteiger charge is -2.42. The molecule has 5 nitrogen and oxygen atoms in total. The van der Waals surface area contributed by atoms with E-state index in [1.54, 1.807) is 4.31 Å². The monoisotopic (exact) mass is 316 g/mol. The van der Waals surface area contributed by atoms with Crippen molar-refractivity contribution >= 4 is 21.6 Å². The van der Waals surface area contributed by atoms with Crippen molar-refractivity contribution in [2.24, 2.45) is 0 Å². The summed E-state index contributed by atoms with van der Waals surface area (Å²) in [5.74, 6) is 0.